The number of benzene rings is 2. The van der Waals surface area contributed by atoms with Crippen LogP contribution < -0.4 is 5.32 Å². The number of carbonyl (C=O) groups excluding carboxylic acids is 3. The maximum atomic E-state index is 13.9. The van der Waals surface area contributed by atoms with Crippen LogP contribution in [0.25, 0.3) is 16.9 Å². The van der Waals surface area contributed by atoms with Crippen molar-refractivity contribution in [3.8, 4) is 11.3 Å². The van der Waals surface area contributed by atoms with Gasteiger partial charge in [-0.3, -0.25) is 4.79 Å². The molecule has 0 aliphatic rings. The summed E-state index contributed by atoms with van der Waals surface area (Å²) in [5.74, 6) is -2.53. The van der Waals surface area contributed by atoms with Gasteiger partial charge >= 0.3 is 18.1 Å². The van der Waals surface area contributed by atoms with E-state index in [1.165, 1.54) is 42.5 Å². The Bertz CT molecular complexity index is 1530. The standard InChI is InChI=1S/C24H16ClF3N4O5/c1-36-22(34)13-5-8-15(23(35)37-2)17(9-13)30-21(33)18-11-20-29-16(12-3-6-14(25)7-4-12)10-19(24(26,27)28)32(20)31-18/h3-11H,1-2H3,(H,30,33). The lowest BCUT2D eigenvalue weighted by Gasteiger charge is -2.11. The van der Waals surface area contributed by atoms with Gasteiger partial charge in [-0.15, -0.1) is 0 Å². The number of nitrogens with zero attached hydrogens (tertiary/aromatic N) is 3. The van der Waals surface area contributed by atoms with Crippen LogP contribution in [0.1, 0.15) is 36.9 Å². The Balaban J connectivity index is 1.78. The van der Waals surface area contributed by atoms with Gasteiger partial charge in [0.2, 0.25) is 0 Å². The summed E-state index contributed by atoms with van der Waals surface area (Å²) in [6, 6.07) is 11.6. The number of fused-ring (bicyclic) bond motifs is 1. The smallest absolute Gasteiger partial charge is 0.433 e. The molecule has 0 unspecified atom stereocenters. The molecule has 2 aromatic heterocycles. The van der Waals surface area contributed by atoms with Crippen LogP contribution in [0.15, 0.2) is 54.6 Å². The monoisotopic (exact) mass is 532 g/mol. The molecule has 0 atom stereocenters. The zero-order valence-electron chi connectivity index (χ0n) is 19.1. The number of halogens is 4. The zero-order valence-corrected chi connectivity index (χ0v) is 19.8. The summed E-state index contributed by atoms with van der Waals surface area (Å²) < 4.78 is 51.4. The molecule has 0 radical (unpaired) electrons. The van der Waals surface area contributed by atoms with E-state index in [1.54, 1.807) is 0 Å². The molecule has 0 aliphatic carbocycles. The van der Waals surface area contributed by atoms with E-state index in [2.05, 4.69) is 24.9 Å². The number of esters is 2. The Hall–Kier alpha value is -4.45. The molecule has 2 aromatic carbocycles. The molecule has 190 valence electrons. The fourth-order valence-corrected chi connectivity index (χ4v) is 3.55. The number of amides is 1. The van der Waals surface area contributed by atoms with Crippen LogP contribution in [0.5, 0.6) is 0 Å². The van der Waals surface area contributed by atoms with Crippen molar-refractivity contribution in [3.63, 3.8) is 0 Å². The summed E-state index contributed by atoms with van der Waals surface area (Å²) in [5, 5.41) is 6.57. The molecule has 1 amide bonds. The second-order valence-electron chi connectivity index (χ2n) is 7.53. The second-order valence-corrected chi connectivity index (χ2v) is 7.96. The molecule has 0 spiro atoms. The third-order valence-corrected chi connectivity index (χ3v) is 5.44. The number of nitrogens with one attached hydrogen (secondary N) is 1. The first kappa shape index (κ1) is 25.6. The largest absolute Gasteiger partial charge is 0.465 e. The van der Waals surface area contributed by atoms with Crippen molar-refractivity contribution in [3.05, 3.63) is 82.1 Å². The Morgan fingerprint density at radius 3 is 2.24 bits per heavy atom. The lowest BCUT2D eigenvalue weighted by molar-refractivity contribution is -0.142. The lowest BCUT2D eigenvalue weighted by Crippen LogP contribution is -2.18. The van der Waals surface area contributed by atoms with Crippen molar-refractivity contribution >= 4 is 40.8 Å². The van der Waals surface area contributed by atoms with Crippen LogP contribution in [0.2, 0.25) is 5.02 Å². The van der Waals surface area contributed by atoms with Crippen molar-refractivity contribution in [1.82, 2.24) is 14.6 Å². The SMILES string of the molecule is COC(=O)c1ccc(C(=O)OC)c(NC(=O)c2cc3nc(-c4ccc(Cl)cc4)cc(C(F)(F)F)n3n2)c1. The molecule has 13 heteroatoms. The van der Waals surface area contributed by atoms with Crippen LogP contribution >= 0.6 is 11.6 Å². The zero-order chi connectivity index (χ0) is 26.9. The molecular weight excluding hydrogens is 517 g/mol. The third-order valence-electron chi connectivity index (χ3n) is 5.18. The molecule has 0 bridgehead atoms. The minimum absolute atomic E-state index is 0.00841. The number of hydrogen-bond acceptors (Lipinski definition) is 7. The number of methoxy groups -OCH3 is 2. The minimum Gasteiger partial charge on any atom is -0.465 e. The van der Waals surface area contributed by atoms with Gasteiger partial charge < -0.3 is 14.8 Å². The van der Waals surface area contributed by atoms with E-state index in [1.807, 2.05) is 0 Å². The number of alkyl halides is 3. The second kappa shape index (κ2) is 9.90. The van der Waals surface area contributed by atoms with E-state index in [0.717, 1.165) is 26.4 Å². The van der Waals surface area contributed by atoms with Gasteiger partial charge in [-0.2, -0.15) is 18.3 Å². The Morgan fingerprint density at radius 1 is 0.946 bits per heavy atom. The average molecular weight is 533 g/mol. The highest BCUT2D eigenvalue weighted by Gasteiger charge is 2.35. The maximum Gasteiger partial charge on any atom is 0.433 e. The fraction of sp³-hybridized carbons (Fsp3) is 0.125. The number of aromatic nitrogens is 3. The lowest BCUT2D eigenvalue weighted by atomic mass is 10.1. The van der Waals surface area contributed by atoms with Gasteiger partial charge in [-0.25, -0.2) is 19.1 Å². The van der Waals surface area contributed by atoms with Gasteiger partial charge in [0, 0.05) is 16.7 Å². The molecule has 9 nitrogen and oxygen atoms in total. The van der Waals surface area contributed by atoms with Crippen LogP contribution in [0.4, 0.5) is 18.9 Å². The third kappa shape index (κ3) is 5.23. The highest BCUT2D eigenvalue weighted by atomic mass is 35.5. The number of carbonyl (C=O) groups is 3. The van der Waals surface area contributed by atoms with Gasteiger partial charge in [-0.1, -0.05) is 23.7 Å². The van der Waals surface area contributed by atoms with E-state index in [4.69, 9.17) is 11.6 Å². The van der Waals surface area contributed by atoms with Crippen molar-refractivity contribution in [2.75, 3.05) is 19.5 Å². The minimum atomic E-state index is -4.82. The molecule has 37 heavy (non-hydrogen) atoms. The number of hydrogen-bond donors (Lipinski definition) is 1. The van der Waals surface area contributed by atoms with Gasteiger partial charge in [-0.05, 0) is 36.4 Å². The molecule has 4 aromatic rings. The van der Waals surface area contributed by atoms with Crippen LogP contribution in [-0.4, -0.2) is 46.7 Å². The van der Waals surface area contributed by atoms with E-state index in [-0.39, 0.29) is 28.2 Å². The van der Waals surface area contributed by atoms with E-state index in [0.29, 0.717) is 15.1 Å². The quantitative estimate of drug-likeness (QED) is 0.364. The Kier molecular flexibility index (Phi) is 6.86. The first-order chi connectivity index (χ1) is 17.5. The number of anilines is 1. The van der Waals surface area contributed by atoms with Crippen molar-refractivity contribution in [2.24, 2.45) is 0 Å². The van der Waals surface area contributed by atoms with Crippen molar-refractivity contribution < 1.29 is 37.0 Å². The maximum absolute atomic E-state index is 13.9. The number of rotatable bonds is 5. The van der Waals surface area contributed by atoms with Crippen molar-refractivity contribution in [2.45, 2.75) is 6.18 Å². The molecule has 1 N–H and O–H groups in total. The summed E-state index contributed by atoms with van der Waals surface area (Å²) in [7, 11) is 2.27. The predicted molar refractivity (Wildman–Crippen MR) is 126 cm³/mol. The molecule has 0 saturated heterocycles. The van der Waals surface area contributed by atoms with Crippen LogP contribution in [0, 0.1) is 0 Å². The highest BCUT2D eigenvalue weighted by molar-refractivity contribution is 6.30. The Morgan fingerprint density at radius 2 is 1.62 bits per heavy atom. The molecule has 2 heterocycles. The van der Waals surface area contributed by atoms with Crippen LogP contribution in [0.3, 0.4) is 0 Å². The topological polar surface area (TPSA) is 112 Å². The molecule has 0 saturated carbocycles. The number of ether oxygens (including phenoxy) is 2. The summed E-state index contributed by atoms with van der Waals surface area (Å²) in [5.41, 5.74) is -1.71. The van der Waals surface area contributed by atoms with Gasteiger partial charge in [0.05, 0.1) is 36.7 Å². The summed E-state index contributed by atoms with van der Waals surface area (Å²) in [6.07, 6.45) is -4.82. The summed E-state index contributed by atoms with van der Waals surface area (Å²) in [6.45, 7) is 0. The van der Waals surface area contributed by atoms with Gasteiger partial charge in [0.25, 0.3) is 5.91 Å². The molecule has 4 rings (SSSR count). The highest BCUT2D eigenvalue weighted by Crippen LogP contribution is 2.33. The van der Waals surface area contributed by atoms with Gasteiger partial charge in [0.15, 0.2) is 17.0 Å². The fourth-order valence-electron chi connectivity index (χ4n) is 3.42. The Labute approximate surface area is 211 Å². The molecule has 0 aliphatic heterocycles. The summed E-state index contributed by atoms with van der Waals surface area (Å²) >= 11 is 5.86. The first-order valence-electron chi connectivity index (χ1n) is 10.4. The van der Waals surface area contributed by atoms with Crippen LogP contribution in [-0.2, 0) is 15.7 Å². The predicted octanol–water partition coefficient (Wildman–Crippen LogP) is 4.89. The first-order valence-corrected chi connectivity index (χ1v) is 10.8. The van der Waals surface area contributed by atoms with Crippen molar-refractivity contribution in [1.29, 1.82) is 0 Å². The normalized spacial score (nSPS) is 11.3. The molecule has 0 fully saturated rings. The van der Waals surface area contributed by atoms with E-state index >= 15 is 0 Å². The van der Waals surface area contributed by atoms with E-state index in [9.17, 15) is 27.6 Å². The van der Waals surface area contributed by atoms with Gasteiger partial charge in [0.1, 0.15) is 0 Å². The average Bonchev–Trinajstić information content (AvgIpc) is 3.31. The van der Waals surface area contributed by atoms with E-state index < -0.39 is 35.4 Å². The summed E-state index contributed by atoms with van der Waals surface area (Å²) in [4.78, 5) is 41.2. The molecular formula is C24H16ClF3N4O5.